The first-order chi connectivity index (χ1) is 10.1. The molecule has 0 fully saturated rings. The van der Waals surface area contributed by atoms with Crippen molar-refractivity contribution >= 4 is 11.9 Å². The van der Waals surface area contributed by atoms with Gasteiger partial charge in [0, 0.05) is 0 Å². The second-order valence-electron chi connectivity index (χ2n) is 4.47. The molecule has 5 nitrogen and oxygen atoms in total. The fourth-order valence-corrected chi connectivity index (χ4v) is 2.06. The van der Waals surface area contributed by atoms with Crippen molar-refractivity contribution in [3.05, 3.63) is 29.8 Å². The van der Waals surface area contributed by atoms with Crippen LogP contribution in [0.5, 0.6) is 5.75 Å². The number of ether oxygens (including phenoxy) is 3. The van der Waals surface area contributed by atoms with Crippen LogP contribution >= 0.6 is 0 Å². The molecule has 1 unspecified atom stereocenters. The van der Waals surface area contributed by atoms with Gasteiger partial charge in [0.2, 0.25) is 0 Å². The zero-order valence-electron chi connectivity index (χ0n) is 12.8. The smallest absolute Gasteiger partial charge is 0.309 e. The molecular formula is C16H22O5. The zero-order valence-corrected chi connectivity index (χ0v) is 12.8. The average molecular weight is 294 g/mol. The number of esters is 2. The van der Waals surface area contributed by atoms with Gasteiger partial charge in [0.15, 0.2) is 0 Å². The topological polar surface area (TPSA) is 61.8 Å². The fraction of sp³-hybridized carbons (Fsp3) is 0.500. The molecule has 1 aromatic carbocycles. The zero-order chi connectivity index (χ0) is 15.7. The summed E-state index contributed by atoms with van der Waals surface area (Å²) in [6.45, 7) is 4.05. The number of para-hydroxylation sites is 1. The van der Waals surface area contributed by atoms with Crippen LogP contribution in [0.25, 0.3) is 0 Å². The summed E-state index contributed by atoms with van der Waals surface area (Å²) in [5.41, 5.74) is 0.863. The summed E-state index contributed by atoms with van der Waals surface area (Å²) in [5, 5.41) is 0. The van der Waals surface area contributed by atoms with Crippen LogP contribution in [0.15, 0.2) is 24.3 Å². The second-order valence-corrected chi connectivity index (χ2v) is 4.47. The van der Waals surface area contributed by atoms with Crippen LogP contribution in [0.4, 0.5) is 0 Å². The standard InChI is InChI=1S/C16H22O5/c1-4-20-15(17)11-13(16(18)21-5-2)10-12-8-6-7-9-14(12)19-3/h6-9,13H,4-5,10-11H2,1-3H3. The van der Waals surface area contributed by atoms with E-state index in [1.54, 1.807) is 21.0 Å². The predicted octanol–water partition coefficient (Wildman–Crippen LogP) is 2.37. The van der Waals surface area contributed by atoms with E-state index >= 15 is 0 Å². The number of rotatable bonds is 8. The second kappa shape index (κ2) is 9.00. The molecule has 0 amide bonds. The van der Waals surface area contributed by atoms with Gasteiger partial charge in [-0.2, -0.15) is 0 Å². The van der Waals surface area contributed by atoms with Crippen molar-refractivity contribution in [1.29, 1.82) is 0 Å². The summed E-state index contributed by atoms with van der Waals surface area (Å²) in [4.78, 5) is 23.7. The molecular weight excluding hydrogens is 272 g/mol. The molecule has 0 saturated heterocycles. The van der Waals surface area contributed by atoms with E-state index in [1.807, 2.05) is 24.3 Å². The van der Waals surface area contributed by atoms with Crippen molar-refractivity contribution in [3.8, 4) is 5.75 Å². The molecule has 0 aliphatic rings. The van der Waals surface area contributed by atoms with E-state index in [9.17, 15) is 9.59 Å². The van der Waals surface area contributed by atoms with Gasteiger partial charge >= 0.3 is 11.9 Å². The highest BCUT2D eigenvalue weighted by molar-refractivity contribution is 5.80. The molecule has 1 rings (SSSR count). The van der Waals surface area contributed by atoms with E-state index < -0.39 is 17.9 Å². The lowest BCUT2D eigenvalue weighted by molar-refractivity contribution is -0.154. The highest BCUT2D eigenvalue weighted by atomic mass is 16.5. The van der Waals surface area contributed by atoms with Gasteiger partial charge in [-0.15, -0.1) is 0 Å². The first-order valence-corrected chi connectivity index (χ1v) is 7.06. The van der Waals surface area contributed by atoms with Gasteiger partial charge < -0.3 is 14.2 Å². The Morgan fingerprint density at radius 3 is 2.38 bits per heavy atom. The minimum atomic E-state index is -0.569. The minimum absolute atomic E-state index is 0.00468. The molecule has 0 radical (unpaired) electrons. The van der Waals surface area contributed by atoms with E-state index in [1.165, 1.54) is 0 Å². The van der Waals surface area contributed by atoms with Crippen LogP contribution in [-0.4, -0.2) is 32.3 Å². The molecule has 0 N–H and O–H groups in total. The molecule has 21 heavy (non-hydrogen) atoms. The highest BCUT2D eigenvalue weighted by Gasteiger charge is 2.25. The van der Waals surface area contributed by atoms with E-state index in [0.717, 1.165) is 5.56 Å². The van der Waals surface area contributed by atoms with Crippen LogP contribution in [0, 0.1) is 5.92 Å². The van der Waals surface area contributed by atoms with E-state index in [2.05, 4.69) is 0 Å². The normalized spacial score (nSPS) is 11.6. The van der Waals surface area contributed by atoms with Gasteiger partial charge in [-0.05, 0) is 31.9 Å². The van der Waals surface area contributed by atoms with Crippen molar-refractivity contribution in [2.24, 2.45) is 5.92 Å². The third kappa shape index (κ3) is 5.45. The molecule has 0 spiro atoms. The summed E-state index contributed by atoms with van der Waals surface area (Å²) in [6.07, 6.45) is 0.381. The molecule has 5 heteroatoms. The van der Waals surface area contributed by atoms with Crippen molar-refractivity contribution in [2.75, 3.05) is 20.3 Å². The van der Waals surface area contributed by atoms with Gasteiger partial charge in [0.1, 0.15) is 5.75 Å². The van der Waals surface area contributed by atoms with E-state index in [-0.39, 0.29) is 13.0 Å². The number of benzene rings is 1. The molecule has 0 bridgehead atoms. The quantitative estimate of drug-likeness (QED) is 0.689. The molecule has 0 heterocycles. The van der Waals surface area contributed by atoms with Crippen molar-refractivity contribution < 1.29 is 23.8 Å². The van der Waals surface area contributed by atoms with Crippen LogP contribution < -0.4 is 4.74 Å². The Balaban J connectivity index is 2.85. The van der Waals surface area contributed by atoms with Gasteiger partial charge in [-0.25, -0.2) is 0 Å². The lowest BCUT2D eigenvalue weighted by Gasteiger charge is -2.16. The summed E-state index contributed by atoms with van der Waals surface area (Å²) < 4.78 is 15.2. The van der Waals surface area contributed by atoms with Gasteiger partial charge in [0.05, 0.1) is 32.7 Å². The van der Waals surface area contributed by atoms with Crippen LogP contribution in [0.3, 0.4) is 0 Å². The molecule has 0 aliphatic carbocycles. The summed E-state index contributed by atoms with van der Waals surface area (Å²) in [7, 11) is 1.57. The Labute approximate surface area is 125 Å². The molecule has 0 aliphatic heterocycles. The highest BCUT2D eigenvalue weighted by Crippen LogP contribution is 2.23. The van der Waals surface area contributed by atoms with Gasteiger partial charge in [-0.1, -0.05) is 18.2 Å². The summed E-state index contributed by atoms with van der Waals surface area (Å²) in [5.74, 6) is -0.669. The Bertz CT molecular complexity index is 469. The number of methoxy groups -OCH3 is 1. The maximum absolute atomic E-state index is 12.0. The Morgan fingerprint density at radius 1 is 1.10 bits per heavy atom. The first-order valence-electron chi connectivity index (χ1n) is 7.06. The largest absolute Gasteiger partial charge is 0.496 e. The monoisotopic (exact) mass is 294 g/mol. The van der Waals surface area contributed by atoms with Crippen LogP contribution in [0.1, 0.15) is 25.8 Å². The van der Waals surface area contributed by atoms with Gasteiger partial charge in [0.25, 0.3) is 0 Å². The SMILES string of the molecule is CCOC(=O)CC(Cc1ccccc1OC)C(=O)OCC. The number of carbonyl (C=O) groups excluding carboxylic acids is 2. The van der Waals surface area contributed by atoms with Crippen molar-refractivity contribution in [2.45, 2.75) is 26.7 Å². The molecule has 1 atom stereocenters. The van der Waals surface area contributed by atoms with Crippen LogP contribution in [0.2, 0.25) is 0 Å². The lowest BCUT2D eigenvalue weighted by Crippen LogP contribution is -2.24. The van der Waals surface area contributed by atoms with Gasteiger partial charge in [-0.3, -0.25) is 9.59 Å². The Morgan fingerprint density at radius 2 is 1.76 bits per heavy atom. The maximum Gasteiger partial charge on any atom is 0.309 e. The fourth-order valence-electron chi connectivity index (χ4n) is 2.06. The third-order valence-electron chi connectivity index (χ3n) is 3.00. The minimum Gasteiger partial charge on any atom is -0.496 e. The molecule has 0 saturated carbocycles. The number of hydrogen-bond donors (Lipinski definition) is 0. The average Bonchev–Trinajstić information content (AvgIpc) is 2.47. The number of hydrogen-bond acceptors (Lipinski definition) is 5. The molecule has 1 aromatic rings. The molecule has 0 aromatic heterocycles. The predicted molar refractivity (Wildman–Crippen MR) is 78.1 cm³/mol. The summed E-state index contributed by atoms with van der Waals surface area (Å²) in [6, 6.07) is 7.41. The molecule has 116 valence electrons. The summed E-state index contributed by atoms with van der Waals surface area (Å²) >= 11 is 0. The third-order valence-corrected chi connectivity index (χ3v) is 3.00. The number of carbonyl (C=O) groups is 2. The van der Waals surface area contributed by atoms with E-state index in [0.29, 0.717) is 18.8 Å². The van der Waals surface area contributed by atoms with Crippen molar-refractivity contribution in [1.82, 2.24) is 0 Å². The van der Waals surface area contributed by atoms with Crippen molar-refractivity contribution in [3.63, 3.8) is 0 Å². The lowest BCUT2D eigenvalue weighted by atomic mass is 9.95. The maximum atomic E-state index is 12.0. The Hall–Kier alpha value is -2.04. The van der Waals surface area contributed by atoms with E-state index in [4.69, 9.17) is 14.2 Å². The van der Waals surface area contributed by atoms with Crippen LogP contribution in [-0.2, 0) is 25.5 Å². The first kappa shape index (κ1) is 17.0. The Kier molecular flexibility index (Phi) is 7.29.